The van der Waals surface area contributed by atoms with E-state index in [1.807, 2.05) is 0 Å². The van der Waals surface area contributed by atoms with Crippen LogP contribution in [0.5, 0.6) is 0 Å². The fourth-order valence-corrected chi connectivity index (χ4v) is 2.18. The van der Waals surface area contributed by atoms with Crippen molar-refractivity contribution in [3.05, 3.63) is 0 Å². The van der Waals surface area contributed by atoms with Crippen molar-refractivity contribution in [2.75, 3.05) is 0 Å². The van der Waals surface area contributed by atoms with Crippen molar-refractivity contribution in [2.45, 2.75) is 72.1 Å². The molecule has 2 unspecified atom stereocenters. The molecule has 0 bridgehead atoms. The molecule has 0 saturated heterocycles. The van der Waals surface area contributed by atoms with Gasteiger partial charge in [-0.05, 0) is 18.8 Å². The number of carboxylic acids is 1. The molecule has 0 heterocycles. The monoisotopic (exact) mass is 286 g/mol. The number of carbonyl (C=O) groups is 1. The Morgan fingerprint density at radius 3 is 2.00 bits per heavy atom. The second-order valence-corrected chi connectivity index (χ2v) is 4.83. The SMILES string of the molecule is CCCCC(CC)CC(CCCC)C(=O)O.[Ni]. The summed E-state index contributed by atoms with van der Waals surface area (Å²) in [6, 6.07) is 0. The molecular formula is C14H28NiO2. The normalized spacial score (nSPS) is 13.8. The number of unbranched alkanes of at least 4 members (excludes halogenated alkanes) is 2. The maximum atomic E-state index is 11.1. The van der Waals surface area contributed by atoms with E-state index in [1.165, 1.54) is 19.3 Å². The van der Waals surface area contributed by atoms with Crippen molar-refractivity contribution in [3.63, 3.8) is 0 Å². The van der Waals surface area contributed by atoms with Crippen molar-refractivity contribution < 1.29 is 26.4 Å². The number of hydrogen-bond donors (Lipinski definition) is 1. The maximum Gasteiger partial charge on any atom is 0.306 e. The minimum absolute atomic E-state index is 0. The molecule has 1 N–H and O–H groups in total. The molecule has 0 fully saturated rings. The van der Waals surface area contributed by atoms with Gasteiger partial charge in [-0.1, -0.05) is 59.3 Å². The zero-order valence-corrected chi connectivity index (χ0v) is 12.5. The summed E-state index contributed by atoms with van der Waals surface area (Å²) < 4.78 is 0. The van der Waals surface area contributed by atoms with Crippen LogP contribution in [-0.2, 0) is 21.3 Å². The van der Waals surface area contributed by atoms with Gasteiger partial charge in [0.15, 0.2) is 0 Å². The number of rotatable bonds is 10. The summed E-state index contributed by atoms with van der Waals surface area (Å²) in [6.45, 7) is 6.49. The number of carboxylic acid groups (broad SMARTS) is 1. The molecule has 0 aliphatic heterocycles. The average Bonchev–Trinajstić information content (AvgIpc) is 2.28. The molecule has 0 aromatic heterocycles. The minimum atomic E-state index is -0.594. The molecule has 0 rings (SSSR count). The van der Waals surface area contributed by atoms with Crippen LogP contribution in [0.25, 0.3) is 0 Å². The summed E-state index contributed by atoms with van der Waals surface area (Å²) in [6.07, 6.45) is 8.64. The van der Waals surface area contributed by atoms with Gasteiger partial charge in [0.25, 0.3) is 0 Å². The van der Waals surface area contributed by atoms with Gasteiger partial charge in [0, 0.05) is 16.5 Å². The van der Waals surface area contributed by atoms with Gasteiger partial charge in [-0.2, -0.15) is 0 Å². The molecule has 0 radical (unpaired) electrons. The van der Waals surface area contributed by atoms with Gasteiger partial charge in [-0.3, -0.25) is 4.79 Å². The largest absolute Gasteiger partial charge is 0.481 e. The van der Waals surface area contributed by atoms with Crippen LogP contribution in [0.4, 0.5) is 0 Å². The van der Waals surface area contributed by atoms with Crippen LogP contribution in [0, 0.1) is 11.8 Å². The van der Waals surface area contributed by atoms with Crippen LogP contribution in [0.1, 0.15) is 72.1 Å². The Morgan fingerprint density at radius 2 is 1.59 bits per heavy atom. The van der Waals surface area contributed by atoms with Crippen LogP contribution in [-0.4, -0.2) is 11.1 Å². The zero-order chi connectivity index (χ0) is 12.4. The quantitative estimate of drug-likeness (QED) is 0.601. The molecule has 0 amide bonds. The van der Waals surface area contributed by atoms with E-state index < -0.39 is 5.97 Å². The molecule has 2 atom stereocenters. The van der Waals surface area contributed by atoms with E-state index in [0.29, 0.717) is 5.92 Å². The predicted octanol–water partition coefficient (Wildman–Crippen LogP) is 4.48. The van der Waals surface area contributed by atoms with Crippen LogP contribution >= 0.6 is 0 Å². The molecule has 106 valence electrons. The fourth-order valence-electron chi connectivity index (χ4n) is 2.18. The molecule has 0 aliphatic carbocycles. The first-order chi connectivity index (χ1) is 7.65. The van der Waals surface area contributed by atoms with Crippen molar-refractivity contribution >= 4 is 5.97 Å². The predicted molar refractivity (Wildman–Crippen MR) is 68.6 cm³/mol. The topological polar surface area (TPSA) is 37.3 Å². The zero-order valence-electron chi connectivity index (χ0n) is 11.5. The van der Waals surface area contributed by atoms with Crippen molar-refractivity contribution in [2.24, 2.45) is 11.8 Å². The van der Waals surface area contributed by atoms with Gasteiger partial charge < -0.3 is 5.11 Å². The van der Waals surface area contributed by atoms with E-state index >= 15 is 0 Å². The minimum Gasteiger partial charge on any atom is -0.481 e. The summed E-state index contributed by atoms with van der Waals surface area (Å²) >= 11 is 0. The second-order valence-electron chi connectivity index (χ2n) is 4.83. The van der Waals surface area contributed by atoms with Gasteiger partial charge >= 0.3 is 5.97 Å². The third kappa shape index (κ3) is 9.65. The van der Waals surface area contributed by atoms with Gasteiger partial charge in [-0.15, -0.1) is 0 Å². The van der Waals surface area contributed by atoms with Gasteiger partial charge in [-0.25, -0.2) is 0 Å². The van der Waals surface area contributed by atoms with Crippen molar-refractivity contribution in [1.29, 1.82) is 0 Å². The molecule has 3 heteroatoms. The van der Waals surface area contributed by atoms with Crippen molar-refractivity contribution in [1.82, 2.24) is 0 Å². The summed E-state index contributed by atoms with van der Waals surface area (Å²) in [5.74, 6) is -0.0944. The van der Waals surface area contributed by atoms with Crippen LogP contribution in [0.3, 0.4) is 0 Å². The molecule has 0 aliphatic rings. The molecule has 0 aromatic carbocycles. The average molecular weight is 287 g/mol. The van der Waals surface area contributed by atoms with E-state index in [4.69, 9.17) is 5.11 Å². The van der Waals surface area contributed by atoms with Crippen LogP contribution in [0.15, 0.2) is 0 Å². The van der Waals surface area contributed by atoms with E-state index in [-0.39, 0.29) is 22.4 Å². The number of aliphatic carboxylic acids is 1. The number of hydrogen-bond acceptors (Lipinski definition) is 1. The summed E-state index contributed by atoms with van der Waals surface area (Å²) in [7, 11) is 0. The Hall–Kier alpha value is -0.0365. The molecule has 0 saturated carbocycles. The summed E-state index contributed by atoms with van der Waals surface area (Å²) in [5, 5.41) is 9.17. The first-order valence-electron chi connectivity index (χ1n) is 6.88. The Morgan fingerprint density at radius 1 is 1.06 bits per heavy atom. The van der Waals surface area contributed by atoms with E-state index in [0.717, 1.165) is 32.1 Å². The van der Waals surface area contributed by atoms with Crippen molar-refractivity contribution in [3.8, 4) is 0 Å². The van der Waals surface area contributed by atoms with Gasteiger partial charge in [0.1, 0.15) is 0 Å². The van der Waals surface area contributed by atoms with Crippen LogP contribution in [0.2, 0.25) is 0 Å². The molecular weight excluding hydrogens is 259 g/mol. The molecule has 0 spiro atoms. The Kier molecular flexibility index (Phi) is 14.1. The van der Waals surface area contributed by atoms with E-state index in [9.17, 15) is 4.79 Å². The summed E-state index contributed by atoms with van der Waals surface area (Å²) in [4.78, 5) is 11.1. The Labute approximate surface area is 116 Å². The third-order valence-electron chi connectivity index (χ3n) is 3.42. The third-order valence-corrected chi connectivity index (χ3v) is 3.42. The first-order valence-corrected chi connectivity index (χ1v) is 6.88. The van der Waals surface area contributed by atoms with Gasteiger partial charge in [0.05, 0.1) is 5.92 Å². The van der Waals surface area contributed by atoms with E-state index in [2.05, 4.69) is 20.8 Å². The van der Waals surface area contributed by atoms with Crippen LogP contribution < -0.4 is 0 Å². The Balaban J connectivity index is 0. The fraction of sp³-hybridized carbons (Fsp3) is 0.929. The van der Waals surface area contributed by atoms with Gasteiger partial charge in [0.2, 0.25) is 0 Å². The standard InChI is InChI=1S/C14H28O2.Ni/c1-4-7-9-12(6-3)11-13(14(15)16)10-8-5-2;/h12-13H,4-11H2,1-3H3,(H,15,16);. The smallest absolute Gasteiger partial charge is 0.306 e. The molecule has 0 aromatic rings. The molecule has 17 heavy (non-hydrogen) atoms. The molecule has 2 nitrogen and oxygen atoms in total. The summed E-state index contributed by atoms with van der Waals surface area (Å²) in [5.41, 5.74) is 0. The first kappa shape index (κ1) is 19.3. The van der Waals surface area contributed by atoms with E-state index in [1.54, 1.807) is 0 Å². The Bertz CT molecular complexity index is 183. The second kappa shape index (κ2) is 12.4. The maximum absolute atomic E-state index is 11.1.